The van der Waals surface area contributed by atoms with Gasteiger partial charge in [0.25, 0.3) is 6.01 Å². The predicted octanol–water partition coefficient (Wildman–Crippen LogP) is 2.99. The van der Waals surface area contributed by atoms with Gasteiger partial charge in [-0.1, -0.05) is 28.1 Å². The van der Waals surface area contributed by atoms with Crippen LogP contribution < -0.4 is 5.73 Å². The Morgan fingerprint density at radius 2 is 2.21 bits per heavy atom. The predicted molar refractivity (Wildman–Crippen MR) is 58.8 cm³/mol. The average molecular weight is 253 g/mol. The molecule has 0 fully saturated rings. The van der Waals surface area contributed by atoms with E-state index in [0.717, 1.165) is 21.5 Å². The zero-order valence-electron chi connectivity index (χ0n) is 7.62. The topological polar surface area (TPSA) is 52.0 Å². The fourth-order valence-electron chi connectivity index (χ4n) is 1.32. The number of nitrogens with two attached hydrogens (primary N) is 1. The van der Waals surface area contributed by atoms with Gasteiger partial charge in [-0.05, 0) is 19.1 Å². The van der Waals surface area contributed by atoms with Gasteiger partial charge in [-0.15, -0.1) is 0 Å². The van der Waals surface area contributed by atoms with Gasteiger partial charge in [0.1, 0.15) is 11.5 Å². The Bertz CT molecular complexity index is 465. The Hall–Kier alpha value is -1.29. The largest absolute Gasteiger partial charge is 0.429 e. The SMILES string of the molecule is Cc1oc(N)nc1-c1cccc(Br)c1. The molecule has 0 unspecified atom stereocenters. The maximum absolute atomic E-state index is 5.47. The first-order valence-electron chi connectivity index (χ1n) is 4.15. The summed E-state index contributed by atoms with van der Waals surface area (Å²) >= 11 is 3.40. The van der Waals surface area contributed by atoms with Gasteiger partial charge in [-0.3, -0.25) is 0 Å². The highest BCUT2D eigenvalue weighted by atomic mass is 79.9. The van der Waals surface area contributed by atoms with E-state index in [1.165, 1.54) is 0 Å². The molecule has 2 rings (SSSR count). The van der Waals surface area contributed by atoms with Crippen molar-refractivity contribution in [1.82, 2.24) is 4.98 Å². The highest BCUT2D eigenvalue weighted by molar-refractivity contribution is 9.10. The number of benzene rings is 1. The van der Waals surface area contributed by atoms with E-state index in [1.54, 1.807) is 0 Å². The Morgan fingerprint density at radius 1 is 1.43 bits per heavy atom. The third kappa shape index (κ3) is 1.65. The van der Waals surface area contributed by atoms with Gasteiger partial charge in [0.2, 0.25) is 0 Å². The van der Waals surface area contributed by atoms with Crippen molar-refractivity contribution in [3.8, 4) is 11.3 Å². The van der Waals surface area contributed by atoms with Crippen LogP contribution in [-0.4, -0.2) is 4.98 Å². The van der Waals surface area contributed by atoms with Crippen molar-refractivity contribution >= 4 is 21.9 Å². The minimum Gasteiger partial charge on any atom is -0.429 e. The first kappa shape index (κ1) is 9.27. The second kappa shape index (κ2) is 3.46. The molecular weight excluding hydrogens is 244 g/mol. The monoisotopic (exact) mass is 252 g/mol. The van der Waals surface area contributed by atoms with Gasteiger partial charge in [-0.2, -0.15) is 4.98 Å². The Balaban J connectivity index is 2.54. The molecule has 0 atom stereocenters. The lowest BCUT2D eigenvalue weighted by atomic mass is 10.1. The summed E-state index contributed by atoms with van der Waals surface area (Å²) in [5.74, 6) is 0.737. The zero-order valence-corrected chi connectivity index (χ0v) is 9.21. The summed E-state index contributed by atoms with van der Waals surface area (Å²) in [6, 6.07) is 8.06. The molecule has 0 bridgehead atoms. The first-order valence-corrected chi connectivity index (χ1v) is 4.95. The third-order valence-electron chi connectivity index (χ3n) is 1.91. The number of hydrogen-bond donors (Lipinski definition) is 1. The van der Waals surface area contributed by atoms with Crippen LogP contribution in [0.2, 0.25) is 0 Å². The first-order chi connectivity index (χ1) is 6.66. The van der Waals surface area contributed by atoms with E-state index in [0.29, 0.717) is 0 Å². The molecule has 3 nitrogen and oxygen atoms in total. The minimum absolute atomic E-state index is 0.206. The highest BCUT2D eigenvalue weighted by Gasteiger charge is 2.09. The summed E-state index contributed by atoms with van der Waals surface area (Å²) in [5, 5.41) is 0. The quantitative estimate of drug-likeness (QED) is 0.849. The molecule has 4 heteroatoms. The molecule has 2 N–H and O–H groups in total. The lowest BCUT2D eigenvalue weighted by Crippen LogP contribution is -1.83. The summed E-state index contributed by atoms with van der Waals surface area (Å²) in [7, 11) is 0. The van der Waals surface area contributed by atoms with E-state index >= 15 is 0 Å². The molecule has 0 radical (unpaired) electrons. The summed E-state index contributed by atoms with van der Waals surface area (Å²) in [6.45, 7) is 1.85. The second-order valence-corrected chi connectivity index (χ2v) is 3.88. The van der Waals surface area contributed by atoms with Gasteiger partial charge >= 0.3 is 0 Å². The van der Waals surface area contributed by atoms with Crippen molar-refractivity contribution in [2.45, 2.75) is 6.92 Å². The zero-order chi connectivity index (χ0) is 10.1. The Morgan fingerprint density at radius 3 is 2.79 bits per heavy atom. The van der Waals surface area contributed by atoms with E-state index in [1.807, 2.05) is 31.2 Å². The van der Waals surface area contributed by atoms with Gasteiger partial charge in [-0.25, -0.2) is 0 Å². The standard InChI is InChI=1S/C10H9BrN2O/c1-6-9(13-10(12)14-6)7-3-2-4-8(11)5-7/h2-5H,1H3,(H2,12,13). The van der Waals surface area contributed by atoms with Crippen LogP contribution in [0.5, 0.6) is 0 Å². The number of halogens is 1. The third-order valence-corrected chi connectivity index (χ3v) is 2.40. The summed E-state index contributed by atoms with van der Waals surface area (Å²) in [4.78, 5) is 4.11. The molecular formula is C10H9BrN2O. The van der Waals surface area contributed by atoms with Crippen molar-refractivity contribution in [2.75, 3.05) is 5.73 Å². The number of oxazole rings is 1. The maximum Gasteiger partial charge on any atom is 0.292 e. The Labute approximate surface area is 90.1 Å². The molecule has 0 amide bonds. The highest BCUT2D eigenvalue weighted by Crippen LogP contribution is 2.26. The number of anilines is 1. The maximum atomic E-state index is 5.47. The molecule has 2 aromatic rings. The van der Waals surface area contributed by atoms with Crippen LogP contribution >= 0.6 is 15.9 Å². The molecule has 0 aliphatic heterocycles. The van der Waals surface area contributed by atoms with E-state index in [2.05, 4.69) is 20.9 Å². The molecule has 0 saturated carbocycles. The molecule has 1 aromatic carbocycles. The van der Waals surface area contributed by atoms with Crippen molar-refractivity contribution in [3.05, 3.63) is 34.5 Å². The van der Waals surface area contributed by atoms with Crippen molar-refractivity contribution in [3.63, 3.8) is 0 Å². The van der Waals surface area contributed by atoms with Crippen LogP contribution in [0.15, 0.2) is 33.2 Å². The molecule has 72 valence electrons. The normalized spacial score (nSPS) is 10.4. The molecule has 14 heavy (non-hydrogen) atoms. The van der Waals surface area contributed by atoms with Crippen molar-refractivity contribution < 1.29 is 4.42 Å². The molecule has 0 spiro atoms. The van der Waals surface area contributed by atoms with E-state index in [-0.39, 0.29) is 6.01 Å². The molecule has 0 saturated heterocycles. The lowest BCUT2D eigenvalue weighted by Gasteiger charge is -1.97. The number of aromatic nitrogens is 1. The van der Waals surface area contributed by atoms with Gasteiger partial charge < -0.3 is 10.2 Å². The molecule has 0 aliphatic rings. The number of aryl methyl sites for hydroxylation is 1. The summed E-state index contributed by atoms with van der Waals surface area (Å²) in [5.41, 5.74) is 7.26. The second-order valence-electron chi connectivity index (χ2n) is 2.97. The average Bonchev–Trinajstić information content (AvgIpc) is 2.45. The minimum atomic E-state index is 0.206. The van der Waals surface area contributed by atoms with Crippen molar-refractivity contribution in [2.24, 2.45) is 0 Å². The summed E-state index contributed by atoms with van der Waals surface area (Å²) in [6.07, 6.45) is 0. The van der Waals surface area contributed by atoms with Crippen LogP contribution in [0.25, 0.3) is 11.3 Å². The Kier molecular flexibility index (Phi) is 2.29. The van der Waals surface area contributed by atoms with Gasteiger partial charge in [0, 0.05) is 10.0 Å². The van der Waals surface area contributed by atoms with Crippen LogP contribution in [-0.2, 0) is 0 Å². The van der Waals surface area contributed by atoms with Crippen molar-refractivity contribution in [1.29, 1.82) is 0 Å². The van der Waals surface area contributed by atoms with E-state index in [9.17, 15) is 0 Å². The van der Waals surface area contributed by atoms with Gasteiger partial charge in [0.05, 0.1) is 0 Å². The molecule has 0 aliphatic carbocycles. The smallest absolute Gasteiger partial charge is 0.292 e. The number of nitrogens with zero attached hydrogens (tertiary/aromatic N) is 1. The summed E-state index contributed by atoms with van der Waals surface area (Å²) < 4.78 is 6.17. The van der Waals surface area contributed by atoms with Crippen LogP contribution in [0.1, 0.15) is 5.76 Å². The van der Waals surface area contributed by atoms with Crippen LogP contribution in [0.3, 0.4) is 0 Å². The lowest BCUT2D eigenvalue weighted by molar-refractivity contribution is 0.549. The fourth-order valence-corrected chi connectivity index (χ4v) is 1.72. The number of nitrogen functional groups attached to an aromatic ring is 1. The fraction of sp³-hybridized carbons (Fsp3) is 0.100. The van der Waals surface area contributed by atoms with E-state index < -0.39 is 0 Å². The number of hydrogen-bond acceptors (Lipinski definition) is 3. The number of rotatable bonds is 1. The van der Waals surface area contributed by atoms with Gasteiger partial charge in [0.15, 0.2) is 0 Å². The van der Waals surface area contributed by atoms with Crippen LogP contribution in [0, 0.1) is 6.92 Å². The molecule has 1 aromatic heterocycles. The van der Waals surface area contributed by atoms with E-state index in [4.69, 9.17) is 10.2 Å². The molecule has 1 heterocycles. The van der Waals surface area contributed by atoms with Crippen LogP contribution in [0.4, 0.5) is 6.01 Å².